The molecule has 0 unspecified atom stereocenters. The summed E-state index contributed by atoms with van der Waals surface area (Å²) in [5.74, 6) is 0.776. The average molecular weight is 478 g/mol. The lowest BCUT2D eigenvalue weighted by atomic mass is 9.79. The Hall–Kier alpha value is -2.86. The van der Waals surface area contributed by atoms with Crippen LogP contribution < -0.4 is 10.1 Å². The van der Waals surface area contributed by atoms with E-state index in [1.54, 1.807) is 0 Å². The Morgan fingerprint density at radius 1 is 0.968 bits per heavy atom. The molecule has 6 rings (SSSR count). The van der Waals surface area contributed by atoms with Gasteiger partial charge in [0.1, 0.15) is 17.6 Å². The first-order valence-corrected chi connectivity index (χ1v) is 11.4. The van der Waals surface area contributed by atoms with Gasteiger partial charge in [0.05, 0.1) is 16.7 Å². The SMILES string of the molecule is O=C(Nc1ccc(Oc2ccc3ccccc3c2)cc1)[C@@H]1[C@H]2C[C@H]3[C@H](OC(=O)[C@H]31)[C@@H]2Br. The number of esters is 1. The molecule has 1 saturated heterocycles. The maximum Gasteiger partial charge on any atom is 0.310 e. The number of halogens is 1. The van der Waals surface area contributed by atoms with Crippen molar-refractivity contribution < 1.29 is 19.1 Å². The molecule has 1 N–H and O–H groups in total. The topological polar surface area (TPSA) is 64.6 Å². The van der Waals surface area contributed by atoms with Crippen LogP contribution in [-0.2, 0) is 14.3 Å². The summed E-state index contributed by atoms with van der Waals surface area (Å²) in [7, 11) is 0. The van der Waals surface area contributed by atoms with Gasteiger partial charge in [0.2, 0.25) is 5.91 Å². The number of hydrogen-bond donors (Lipinski definition) is 1. The smallest absolute Gasteiger partial charge is 0.310 e. The first-order valence-electron chi connectivity index (χ1n) is 10.5. The van der Waals surface area contributed by atoms with E-state index in [0.29, 0.717) is 11.4 Å². The Balaban J connectivity index is 1.15. The summed E-state index contributed by atoms with van der Waals surface area (Å²) in [6, 6.07) is 21.4. The van der Waals surface area contributed by atoms with Gasteiger partial charge in [-0.2, -0.15) is 0 Å². The second-order valence-electron chi connectivity index (χ2n) is 8.59. The third-order valence-corrected chi connectivity index (χ3v) is 8.10. The third kappa shape index (κ3) is 3.04. The molecule has 2 saturated carbocycles. The minimum absolute atomic E-state index is 0.0636. The van der Waals surface area contributed by atoms with Crippen LogP contribution in [0.3, 0.4) is 0 Å². The fraction of sp³-hybridized carbons (Fsp3) is 0.280. The van der Waals surface area contributed by atoms with E-state index in [9.17, 15) is 9.59 Å². The minimum atomic E-state index is -0.339. The highest BCUT2D eigenvalue weighted by molar-refractivity contribution is 9.09. The highest BCUT2D eigenvalue weighted by atomic mass is 79.9. The predicted molar refractivity (Wildman–Crippen MR) is 120 cm³/mol. The van der Waals surface area contributed by atoms with Gasteiger partial charge < -0.3 is 14.8 Å². The number of alkyl halides is 1. The number of hydrogen-bond acceptors (Lipinski definition) is 4. The molecule has 3 aliphatic rings. The lowest BCUT2D eigenvalue weighted by Gasteiger charge is -2.27. The van der Waals surface area contributed by atoms with Crippen molar-refractivity contribution in [3.63, 3.8) is 0 Å². The molecule has 6 atom stereocenters. The molecule has 0 spiro atoms. The van der Waals surface area contributed by atoms with Gasteiger partial charge in [-0.3, -0.25) is 9.59 Å². The van der Waals surface area contributed by atoms with E-state index in [0.717, 1.165) is 22.9 Å². The molecule has 3 fully saturated rings. The molecular weight excluding hydrogens is 458 g/mol. The number of amides is 1. The van der Waals surface area contributed by atoms with Crippen molar-refractivity contribution in [2.24, 2.45) is 23.7 Å². The quantitative estimate of drug-likeness (QED) is 0.417. The zero-order valence-electron chi connectivity index (χ0n) is 16.5. The minimum Gasteiger partial charge on any atom is -0.461 e. The summed E-state index contributed by atoms with van der Waals surface area (Å²) in [5.41, 5.74) is 0.688. The third-order valence-electron chi connectivity index (χ3n) is 6.90. The Bertz CT molecular complexity index is 1190. The highest BCUT2D eigenvalue weighted by Gasteiger charge is 2.67. The zero-order chi connectivity index (χ0) is 21.1. The number of anilines is 1. The second-order valence-corrected chi connectivity index (χ2v) is 9.64. The standard InChI is InChI=1S/C25H20BrNO4/c26-22-18-12-19-21(25(29)31-23(19)22)20(18)24(28)27-15-6-9-16(10-7-15)30-17-8-5-13-3-1-2-4-14(13)11-17/h1-11,18-23H,12H2,(H,27,28)/t18-,19-,20-,21-,22-,23+/m1/s1. The molecule has 3 aromatic rings. The maximum atomic E-state index is 13.0. The van der Waals surface area contributed by atoms with Crippen molar-refractivity contribution in [3.05, 3.63) is 66.7 Å². The van der Waals surface area contributed by atoms with E-state index in [-0.39, 0.29) is 46.5 Å². The molecule has 31 heavy (non-hydrogen) atoms. The lowest BCUT2D eigenvalue weighted by molar-refractivity contribution is -0.145. The molecule has 2 bridgehead atoms. The number of benzene rings is 3. The van der Waals surface area contributed by atoms with Crippen LogP contribution in [0.2, 0.25) is 0 Å². The Morgan fingerprint density at radius 2 is 1.71 bits per heavy atom. The molecule has 1 heterocycles. The largest absolute Gasteiger partial charge is 0.461 e. The molecule has 1 aliphatic heterocycles. The van der Waals surface area contributed by atoms with Gasteiger partial charge in [-0.15, -0.1) is 0 Å². The van der Waals surface area contributed by atoms with E-state index < -0.39 is 0 Å². The molecule has 0 radical (unpaired) electrons. The molecule has 156 valence electrons. The Kier molecular flexibility index (Phi) is 4.32. The van der Waals surface area contributed by atoms with Crippen molar-refractivity contribution in [1.82, 2.24) is 0 Å². The van der Waals surface area contributed by atoms with Crippen LogP contribution >= 0.6 is 15.9 Å². The fourth-order valence-corrected chi connectivity index (χ4v) is 6.57. The first-order chi connectivity index (χ1) is 15.1. The summed E-state index contributed by atoms with van der Waals surface area (Å²) >= 11 is 3.65. The van der Waals surface area contributed by atoms with Crippen LogP contribution in [0, 0.1) is 23.7 Å². The predicted octanol–water partition coefficient (Wildman–Crippen LogP) is 5.14. The van der Waals surface area contributed by atoms with Crippen LogP contribution in [0.1, 0.15) is 6.42 Å². The maximum absolute atomic E-state index is 13.0. The van der Waals surface area contributed by atoms with Crippen molar-refractivity contribution in [3.8, 4) is 11.5 Å². The summed E-state index contributed by atoms with van der Waals surface area (Å²) in [6.07, 6.45) is 0.797. The van der Waals surface area contributed by atoms with E-state index in [4.69, 9.17) is 9.47 Å². The van der Waals surface area contributed by atoms with Crippen LogP contribution in [0.4, 0.5) is 5.69 Å². The van der Waals surface area contributed by atoms with Gasteiger partial charge in [0, 0.05) is 11.6 Å². The monoisotopic (exact) mass is 477 g/mol. The number of ether oxygens (including phenoxy) is 2. The Morgan fingerprint density at radius 3 is 2.52 bits per heavy atom. The van der Waals surface area contributed by atoms with E-state index in [1.165, 1.54) is 0 Å². The summed E-state index contributed by atoms with van der Waals surface area (Å²) in [4.78, 5) is 25.3. The summed E-state index contributed by atoms with van der Waals surface area (Å²) in [5, 5.41) is 5.27. The summed E-state index contributed by atoms with van der Waals surface area (Å²) < 4.78 is 11.5. The van der Waals surface area contributed by atoms with Crippen molar-refractivity contribution in [1.29, 1.82) is 0 Å². The fourth-order valence-electron chi connectivity index (χ4n) is 5.53. The van der Waals surface area contributed by atoms with Crippen molar-refractivity contribution >= 4 is 44.3 Å². The van der Waals surface area contributed by atoms with Crippen LogP contribution in [0.15, 0.2) is 66.7 Å². The van der Waals surface area contributed by atoms with E-state index >= 15 is 0 Å². The lowest BCUT2D eigenvalue weighted by Crippen LogP contribution is -2.40. The molecule has 1 amide bonds. The van der Waals surface area contributed by atoms with Gasteiger partial charge >= 0.3 is 5.97 Å². The van der Waals surface area contributed by atoms with Crippen molar-refractivity contribution in [2.75, 3.05) is 5.32 Å². The molecule has 2 aliphatic carbocycles. The molecular formula is C25H20BrNO4. The van der Waals surface area contributed by atoms with Crippen LogP contribution in [-0.4, -0.2) is 22.8 Å². The van der Waals surface area contributed by atoms with Gasteiger partial charge in [0.25, 0.3) is 0 Å². The first kappa shape index (κ1) is 18.9. The van der Waals surface area contributed by atoms with E-state index in [1.807, 2.05) is 54.6 Å². The number of carbonyl (C=O) groups is 2. The van der Waals surface area contributed by atoms with Gasteiger partial charge in [-0.05, 0) is 59.5 Å². The molecule has 3 aromatic carbocycles. The summed E-state index contributed by atoms with van der Waals surface area (Å²) in [6.45, 7) is 0. The van der Waals surface area contributed by atoms with Crippen LogP contribution in [0.5, 0.6) is 11.5 Å². The number of carbonyl (C=O) groups excluding carboxylic acids is 2. The number of rotatable bonds is 4. The van der Waals surface area contributed by atoms with Gasteiger partial charge in [0.15, 0.2) is 0 Å². The molecule has 5 nitrogen and oxygen atoms in total. The Labute approximate surface area is 187 Å². The van der Waals surface area contributed by atoms with E-state index in [2.05, 4.69) is 33.4 Å². The van der Waals surface area contributed by atoms with Crippen molar-refractivity contribution in [2.45, 2.75) is 17.4 Å². The van der Waals surface area contributed by atoms with Gasteiger partial charge in [-0.1, -0.05) is 46.3 Å². The zero-order valence-corrected chi connectivity index (χ0v) is 18.1. The number of nitrogens with one attached hydrogen (secondary N) is 1. The second kappa shape index (κ2) is 7.09. The molecule has 0 aromatic heterocycles. The normalized spacial score (nSPS) is 30.4. The average Bonchev–Trinajstić information content (AvgIpc) is 3.39. The van der Waals surface area contributed by atoms with Crippen LogP contribution in [0.25, 0.3) is 10.8 Å². The highest BCUT2D eigenvalue weighted by Crippen LogP contribution is 2.60. The molecule has 6 heteroatoms. The number of fused-ring (bicyclic) bond motifs is 2. The van der Waals surface area contributed by atoms with Gasteiger partial charge in [-0.25, -0.2) is 0 Å².